The minimum absolute atomic E-state index is 0.0576. The van der Waals surface area contributed by atoms with Gasteiger partial charge in [0, 0.05) is 24.4 Å². The second-order valence-electron chi connectivity index (χ2n) is 5.21. The molecule has 2 aliphatic heterocycles. The predicted molar refractivity (Wildman–Crippen MR) is 81.0 cm³/mol. The summed E-state index contributed by atoms with van der Waals surface area (Å²) in [5, 5.41) is 10.6. The van der Waals surface area contributed by atoms with Crippen molar-refractivity contribution in [3.8, 4) is 0 Å². The Hall–Kier alpha value is -1.33. The van der Waals surface area contributed by atoms with Crippen LogP contribution < -0.4 is 0 Å². The third-order valence-electron chi connectivity index (χ3n) is 3.66. The van der Waals surface area contributed by atoms with Crippen molar-refractivity contribution in [2.45, 2.75) is 25.0 Å². The average Bonchev–Trinajstić information content (AvgIpc) is 2.97. The summed E-state index contributed by atoms with van der Waals surface area (Å²) < 4.78 is 0. The Balaban J connectivity index is 1.69. The van der Waals surface area contributed by atoms with Crippen LogP contribution in [0, 0.1) is 0 Å². The van der Waals surface area contributed by atoms with Crippen molar-refractivity contribution >= 4 is 22.7 Å². The highest BCUT2D eigenvalue weighted by Gasteiger charge is 2.31. The number of amides is 1. The van der Waals surface area contributed by atoms with Crippen LogP contribution in [0.15, 0.2) is 35.3 Å². The maximum Gasteiger partial charge on any atom is 0.248 e. The number of aliphatic hydroxyl groups is 1. The Morgan fingerprint density at radius 1 is 1.35 bits per heavy atom. The van der Waals surface area contributed by atoms with Crippen LogP contribution in [0.4, 0.5) is 0 Å². The molecule has 2 heterocycles. The predicted octanol–water partition coefficient (Wildman–Crippen LogP) is 1.53. The zero-order valence-electron chi connectivity index (χ0n) is 11.2. The summed E-state index contributed by atoms with van der Waals surface area (Å²) in [5.41, 5.74) is 1.08. The highest BCUT2D eigenvalue weighted by atomic mass is 32.2. The topological polar surface area (TPSA) is 52.9 Å². The number of hydrogen-bond donors (Lipinski definition) is 1. The second kappa shape index (κ2) is 5.97. The number of nitrogens with zero attached hydrogens (tertiary/aromatic N) is 2. The largest absolute Gasteiger partial charge is 0.391 e. The normalized spacial score (nSPS) is 26.4. The number of aliphatic hydroxyl groups excluding tert-OH is 1. The molecule has 1 aromatic rings. The van der Waals surface area contributed by atoms with Crippen molar-refractivity contribution in [2.75, 3.05) is 18.8 Å². The molecule has 2 atom stereocenters. The number of carbonyl (C=O) groups excluding carboxylic acids is 1. The van der Waals surface area contributed by atoms with Gasteiger partial charge in [-0.1, -0.05) is 30.3 Å². The van der Waals surface area contributed by atoms with Crippen molar-refractivity contribution in [3.05, 3.63) is 35.9 Å². The highest BCUT2D eigenvalue weighted by Crippen LogP contribution is 2.25. The number of likely N-dealkylation sites (tertiary alicyclic amines) is 1. The molecule has 1 saturated heterocycles. The molecule has 1 fully saturated rings. The molecular weight excluding hydrogens is 272 g/mol. The van der Waals surface area contributed by atoms with Gasteiger partial charge in [0.25, 0.3) is 0 Å². The number of aliphatic imine (C=N–C) groups is 1. The maximum absolute atomic E-state index is 12.4. The summed E-state index contributed by atoms with van der Waals surface area (Å²) in [4.78, 5) is 18.7. The van der Waals surface area contributed by atoms with Gasteiger partial charge in [0.05, 0.1) is 11.1 Å². The molecule has 0 aliphatic carbocycles. The van der Waals surface area contributed by atoms with E-state index in [-0.39, 0.29) is 18.1 Å². The number of hydrogen-bond acceptors (Lipinski definition) is 4. The van der Waals surface area contributed by atoms with Crippen molar-refractivity contribution in [1.29, 1.82) is 0 Å². The molecule has 5 heteroatoms. The molecular formula is C15H18N2O2S. The van der Waals surface area contributed by atoms with E-state index in [0.717, 1.165) is 30.0 Å². The van der Waals surface area contributed by atoms with Crippen LogP contribution in [0.25, 0.3) is 0 Å². The lowest BCUT2D eigenvalue weighted by molar-refractivity contribution is -0.134. The van der Waals surface area contributed by atoms with E-state index in [1.54, 1.807) is 16.7 Å². The van der Waals surface area contributed by atoms with Gasteiger partial charge in [-0.2, -0.15) is 0 Å². The molecule has 1 aromatic carbocycles. The summed E-state index contributed by atoms with van der Waals surface area (Å²) in [5.74, 6) is 0.762. The minimum Gasteiger partial charge on any atom is -0.391 e. The van der Waals surface area contributed by atoms with E-state index < -0.39 is 0 Å². The number of β-amino-alcohol motifs (C(OH)–C–C–N with tert-alkyl or cyclic N) is 1. The summed E-state index contributed by atoms with van der Waals surface area (Å²) in [6.45, 7) is 1.20. The number of piperidine rings is 1. The third-order valence-corrected chi connectivity index (χ3v) is 4.76. The van der Waals surface area contributed by atoms with Crippen molar-refractivity contribution in [2.24, 2.45) is 4.99 Å². The van der Waals surface area contributed by atoms with E-state index in [0.29, 0.717) is 12.3 Å². The average molecular weight is 290 g/mol. The quantitative estimate of drug-likeness (QED) is 0.899. The molecule has 0 spiro atoms. The second-order valence-corrected chi connectivity index (χ2v) is 6.22. The van der Waals surface area contributed by atoms with Crippen molar-refractivity contribution in [3.63, 3.8) is 0 Å². The summed E-state index contributed by atoms with van der Waals surface area (Å²) in [7, 11) is 0. The fraction of sp³-hybridized carbons (Fsp3) is 0.467. The molecule has 4 nitrogen and oxygen atoms in total. The van der Waals surface area contributed by atoms with Crippen LogP contribution in [0.1, 0.15) is 18.4 Å². The van der Waals surface area contributed by atoms with E-state index in [1.165, 1.54) is 0 Å². The zero-order chi connectivity index (χ0) is 13.9. The van der Waals surface area contributed by atoms with Crippen LogP contribution in [-0.2, 0) is 4.79 Å². The number of benzene rings is 1. The molecule has 3 rings (SSSR count). The Bertz CT molecular complexity index is 518. The smallest absolute Gasteiger partial charge is 0.248 e. The first-order valence-electron chi connectivity index (χ1n) is 6.97. The first-order valence-corrected chi connectivity index (χ1v) is 7.95. The molecule has 0 saturated carbocycles. The molecule has 2 aliphatic rings. The Morgan fingerprint density at radius 3 is 2.90 bits per heavy atom. The summed E-state index contributed by atoms with van der Waals surface area (Å²) in [6.07, 6.45) is 1.29. The summed E-state index contributed by atoms with van der Waals surface area (Å²) in [6, 6.07) is 9.68. The van der Waals surface area contributed by atoms with Crippen molar-refractivity contribution < 1.29 is 9.90 Å². The van der Waals surface area contributed by atoms with Gasteiger partial charge >= 0.3 is 0 Å². The number of carbonyl (C=O) groups is 1. The maximum atomic E-state index is 12.4. The number of thioether (sulfide) groups is 1. The monoisotopic (exact) mass is 290 g/mol. The van der Waals surface area contributed by atoms with Gasteiger partial charge in [-0.15, -0.1) is 11.8 Å². The lowest BCUT2D eigenvalue weighted by atomic mass is 10.1. The standard InChI is InChI=1S/C15H18N2O2S/c18-12-7-4-8-17(9-12)15(19)13-10-20-14(16-13)11-5-2-1-3-6-11/h1-3,5-6,12-13,18H,4,7-10H2/t12-,13?/m0/s1. The first-order chi connectivity index (χ1) is 9.74. The Morgan fingerprint density at radius 2 is 2.15 bits per heavy atom. The Labute approximate surface area is 122 Å². The molecule has 106 valence electrons. The fourth-order valence-electron chi connectivity index (χ4n) is 2.60. The fourth-order valence-corrected chi connectivity index (χ4v) is 3.64. The van der Waals surface area contributed by atoms with Gasteiger partial charge in [0.15, 0.2) is 0 Å². The van der Waals surface area contributed by atoms with Gasteiger partial charge < -0.3 is 10.0 Å². The van der Waals surface area contributed by atoms with Crippen LogP contribution in [-0.4, -0.2) is 51.9 Å². The molecule has 0 aromatic heterocycles. The lowest BCUT2D eigenvalue weighted by Crippen LogP contribution is -2.46. The van der Waals surface area contributed by atoms with Crippen LogP contribution in [0.2, 0.25) is 0 Å². The SMILES string of the molecule is O=C(C1CSC(c2ccccc2)=N1)N1CCC[C@H](O)C1. The first kappa shape index (κ1) is 13.6. The van der Waals surface area contributed by atoms with E-state index in [1.807, 2.05) is 30.3 Å². The van der Waals surface area contributed by atoms with E-state index in [2.05, 4.69) is 4.99 Å². The van der Waals surface area contributed by atoms with Gasteiger partial charge in [-0.05, 0) is 12.8 Å². The molecule has 1 unspecified atom stereocenters. The highest BCUT2D eigenvalue weighted by molar-refractivity contribution is 8.14. The molecule has 0 radical (unpaired) electrons. The van der Waals surface area contributed by atoms with Gasteiger partial charge in [-0.25, -0.2) is 0 Å². The zero-order valence-corrected chi connectivity index (χ0v) is 12.1. The summed E-state index contributed by atoms with van der Waals surface area (Å²) >= 11 is 1.64. The van der Waals surface area contributed by atoms with Crippen LogP contribution >= 0.6 is 11.8 Å². The molecule has 20 heavy (non-hydrogen) atoms. The van der Waals surface area contributed by atoms with Crippen molar-refractivity contribution in [1.82, 2.24) is 4.90 Å². The molecule has 1 amide bonds. The van der Waals surface area contributed by atoms with Crippen LogP contribution in [0.3, 0.4) is 0 Å². The lowest BCUT2D eigenvalue weighted by Gasteiger charge is -2.31. The Kier molecular flexibility index (Phi) is 4.08. The van der Waals surface area contributed by atoms with Gasteiger partial charge in [0.2, 0.25) is 5.91 Å². The minimum atomic E-state index is -0.376. The van der Waals surface area contributed by atoms with E-state index in [9.17, 15) is 9.90 Å². The molecule has 1 N–H and O–H groups in total. The number of rotatable bonds is 2. The van der Waals surface area contributed by atoms with E-state index >= 15 is 0 Å². The third kappa shape index (κ3) is 2.88. The molecule has 0 bridgehead atoms. The van der Waals surface area contributed by atoms with Gasteiger partial charge in [-0.3, -0.25) is 9.79 Å². The van der Waals surface area contributed by atoms with Crippen LogP contribution in [0.5, 0.6) is 0 Å². The van der Waals surface area contributed by atoms with Gasteiger partial charge in [0.1, 0.15) is 6.04 Å². The van der Waals surface area contributed by atoms with E-state index in [4.69, 9.17) is 0 Å².